The number of thiophene rings is 2. The van der Waals surface area contributed by atoms with Gasteiger partial charge >= 0.3 is 0 Å². The minimum atomic E-state index is -2.12. The van der Waals surface area contributed by atoms with Gasteiger partial charge in [0.05, 0.1) is 35.5 Å². The quantitative estimate of drug-likeness (QED) is 0.105. The van der Waals surface area contributed by atoms with Crippen molar-refractivity contribution in [1.82, 2.24) is 0 Å². The molecule has 0 aliphatic carbocycles. The Labute approximate surface area is 255 Å². The van der Waals surface area contributed by atoms with Gasteiger partial charge in [0.2, 0.25) is 5.69 Å². The number of benzene rings is 4. The molecule has 3 nitrogen and oxygen atoms in total. The van der Waals surface area contributed by atoms with E-state index < -0.39 is 85.3 Å². The van der Waals surface area contributed by atoms with Crippen molar-refractivity contribution in [2.24, 2.45) is 0 Å². The first kappa shape index (κ1) is 29.8. The smallest absolute Gasteiger partial charge is 0.235 e. The first-order chi connectivity index (χ1) is 21.5. The zero-order chi connectivity index (χ0) is 32.5. The van der Waals surface area contributed by atoms with E-state index in [9.17, 15) is 14.0 Å². The van der Waals surface area contributed by atoms with Crippen molar-refractivity contribution in [3.05, 3.63) is 132 Å². The molecular weight excluding hydrogens is 642 g/mol. The minimum absolute atomic E-state index is 0.0615. The summed E-state index contributed by atoms with van der Waals surface area (Å²) in [5, 5.41) is 9.66. The minimum Gasteiger partial charge on any atom is -0.235 e. The standard InChI is InChI=1S/C32H9F8N3S2/c1-11-25(35)23-24(28(38)26(11)36)27(37)22(29(39)30(23)40)20(14-8-16(34)17(42-2)9-15(14)33)21-13-5-7-44-31(13)19(18(10-41)43-3)12-4-6-45-32(12)21/h4-9H,1H3/b19-18-,21-20-. The summed E-state index contributed by atoms with van der Waals surface area (Å²) in [6.07, 6.45) is 0. The summed E-state index contributed by atoms with van der Waals surface area (Å²) >= 11 is 1.91. The molecule has 0 unspecified atom stereocenters. The Morgan fingerprint density at radius 1 is 0.733 bits per heavy atom. The van der Waals surface area contributed by atoms with Crippen LogP contribution in [-0.4, -0.2) is 0 Å². The second-order valence-corrected chi connectivity index (χ2v) is 11.4. The molecule has 2 aromatic heterocycles. The van der Waals surface area contributed by atoms with Gasteiger partial charge in [-0.05, 0) is 47.3 Å². The number of halogens is 8. The largest absolute Gasteiger partial charge is 0.271 e. The van der Waals surface area contributed by atoms with Gasteiger partial charge in [-0.3, -0.25) is 0 Å². The Morgan fingerprint density at radius 2 is 1.31 bits per heavy atom. The Kier molecular flexibility index (Phi) is 7.08. The van der Waals surface area contributed by atoms with Crippen LogP contribution >= 0.6 is 22.7 Å². The number of rotatable bonds is 2. The van der Waals surface area contributed by atoms with Crippen LogP contribution in [0.2, 0.25) is 0 Å². The third-order valence-corrected chi connectivity index (χ3v) is 9.18. The van der Waals surface area contributed by atoms with E-state index in [1.165, 1.54) is 22.9 Å². The fraction of sp³-hybridized carbons (Fsp3) is 0.0312. The lowest BCUT2D eigenvalue weighted by molar-refractivity contribution is 0.474. The maximum Gasteiger partial charge on any atom is 0.271 e. The van der Waals surface area contributed by atoms with E-state index >= 15 is 26.3 Å². The molecule has 6 aromatic rings. The summed E-state index contributed by atoms with van der Waals surface area (Å²) in [6, 6.07) is 5.55. The molecule has 0 aliphatic rings. The molecule has 0 N–H and O–H groups in total. The van der Waals surface area contributed by atoms with Crippen molar-refractivity contribution in [2.45, 2.75) is 6.92 Å². The summed E-state index contributed by atoms with van der Waals surface area (Å²) in [5.41, 5.74) is -5.43. The van der Waals surface area contributed by atoms with Gasteiger partial charge in [0.15, 0.2) is 23.3 Å². The summed E-state index contributed by atoms with van der Waals surface area (Å²) in [6.45, 7) is 15.3. The van der Waals surface area contributed by atoms with Crippen molar-refractivity contribution < 1.29 is 35.1 Å². The van der Waals surface area contributed by atoms with Crippen LogP contribution in [0.5, 0.6) is 0 Å². The molecule has 45 heavy (non-hydrogen) atoms. The normalized spacial score (nSPS) is 12.8. The highest BCUT2D eigenvalue weighted by Crippen LogP contribution is 2.40. The number of nitriles is 1. The van der Waals surface area contributed by atoms with Gasteiger partial charge in [0, 0.05) is 41.9 Å². The highest BCUT2D eigenvalue weighted by atomic mass is 32.1. The van der Waals surface area contributed by atoms with Crippen molar-refractivity contribution in [3.63, 3.8) is 0 Å². The average molecular weight is 652 g/mol. The molecule has 4 aromatic carbocycles. The molecule has 2 heterocycles. The Bertz CT molecular complexity index is 2510. The third kappa shape index (κ3) is 4.11. The van der Waals surface area contributed by atoms with Crippen LogP contribution in [-0.2, 0) is 0 Å². The van der Waals surface area contributed by atoms with Crippen LogP contribution in [0.3, 0.4) is 0 Å². The summed E-state index contributed by atoms with van der Waals surface area (Å²) in [7, 11) is 0. The number of hydrogen-bond acceptors (Lipinski definition) is 3. The first-order valence-electron chi connectivity index (χ1n) is 12.4. The molecule has 0 radical (unpaired) electrons. The zero-order valence-corrected chi connectivity index (χ0v) is 23.8. The lowest BCUT2D eigenvalue weighted by Crippen LogP contribution is -2.19. The Morgan fingerprint density at radius 3 is 1.91 bits per heavy atom. The van der Waals surface area contributed by atoms with E-state index in [0.717, 1.165) is 29.6 Å². The third-order valence-electron chi connectivity index (χ3n) is 7.31. The first-order valence-corrected chi connectivity index (χ1v) is 14.2. The maximum absolute atomic E-state index is 16.5. The van der Waals surface area contributed by atoms with Crippen molar-refractivity contribution in [3.8, 4) is 6.07 Å². The summed E-state index contributed by atoms with van der Waals surface area (Å²) in [5.74, 6) is -14.6. The van der Waals surface area contributed by atoms with E-state index in [2.05, 4.69) is 9.69 Å². The van der Waals surface area contributed by atoms with Gasteiger partial charge < -0.3 is 0 Å². The molecule has 0 fully saturated rings. The predicted molar refractivity (Wildman–Crippen MR) is 155 cm³/mol. The Balaban J connectivity index is 2.03. The Hall–Kier alpha value is -5.29. The van der Waals surface area contributed by atoms with Crippen LogP contribution in [0, 0.1) is 77.9 Å². The number of hydrogen-bond donors (Lipinski definition) is 0. The molecule has 0 saturated heterocycles. The van der Waals surface area contributed by atoms with Crippen molar-refractivity contribution in [1.29, 1.82) is 5.26 Å². The average Bonchev–Trinajstić information content (AvgIpc) is 3.71. The van der Waals surface area contributed by atoms with Crippen LogP contribution in [0.1, 0.15) is 16.7 Å². The highest BCUT2D eigenvalue weighted by molar-refractivity contribution is 7.18. The maximum atomic E-state index is 16.5. The molecule has 0 bridgehead atoms. The number of fused-ring (bicyclic) bond motifs is 3. The molecule has 0 spiro atoms. The van der Waals surface area contributed by atoms with E-state index in [0.29, 0.717) is 12.1 Å². The van der Waals surface area contributed by atoms with E-state index in [1.54, 1.807) is 6.07 Å². The molecule has 0 amide bonds. The SMILES string of the molecule is [C-]#[N+]/C(C#N)=c1/c2ccsc2/c(=C(/c2cc(F)c([N+]#[C-])cc2F)c2c(F)c(F)c3c(F)c(C)c(F)c(F)c3c2F)c2ccsc12. The lowest BCUT2D eigenvalue weighted by Gasteiger charge is -2.18. The van der Waals surface area contributed by atoms with Crippen molar-refractivity contribution >= 4 is 70.6 Å². The van der Waals surface area contributed by atoms with E-state index in [4.69, 9.17) is 13.1 Å². The monoisotopic (exact) mass is 651 g/mol. The second kappa shape index (κ2) is 10.7. The van der Waals surface area contributed by atoms with Crippen LogP contribution in [0.4, 0.5) is 40.8 Å². The fourth-order valence-corrected chi connectivity index (χ4v) is 7.25. The highest BCUT2D eigenvalue weighted by Gasteiger charge is 2.33. The van der Waals surface area contributed by atoms with Gasteiger partial charge in [-0.15, -0.1) is 22.7 Å². The lowest BCUT2D eigenvalue weighted by atomic mass is 9.89. The molecular formula is C32H9F8N3S2. The molecule has 6 rings (SSSR count). The van der Waals surface area contributed by atoms with Gasteiger partial charge in [-0.1, -0.05) is 0 Å². The van der Waals surface area contributed by atoms with Crippen LogP contribution < -0.4 is 10.4 Å². The van der Waals surface area contributed by atoms with Crippen molar-refractivity contribution in [2.75, 3.05) is 0 Å². The topological polar surface area (TPSA) is 32.5 Å². The van der Waals surface area contributed by atoms with Crippen LogP contribution in [0.25, 0.3) is 51.9 Å². The molecule has 220 valence electrons. The van der Waals surface area contributed by atoms with Gasteiger partial charge in [0.1, 0.15) is 23.3 Å². The van der Waals surface area contributed by atoms with E-state index in [1.807, 2.05) is 0 Å². The molecule has 13 heteroatoms. The molecule has 0 saturated carbocycles. The van der Waals surface area contributed by atoms with Crippen LogP contribution in [0.15, 0.2) is 35.0 Å². The molecule has 0 atom stereocenters. The van der Waals surface area contributed by atoms with Gasteiger partial charge in [-0.25, -0.2) is 50.1 Å². The van der Waals surface area contributed by atoms with E-state index in [-0.39, 0.29) is 36.3 Å². The summed E-state index contributed by atoms with van der Waals surface area (Å²) in [4.78, 5) is 6.14. The fourth-order valence-electron chi connectivity index (χ4n) is 5.32. The predicted octanol–water partition coefficient (Wildman–Crippen LogP) is 9.04. The number of nitrogens with zero attached hydrogens (tertiary/aromatic N) is 3. The molecule has 0 aliphatic heterocycles. The zero-order valence-electron chi connectivity index (χ0n) is 22.1. The van der Waals surface area contributed by atoms with Gasteiger partial charge in [-0.2, -0.15) is 0 Å². The van der Waals surface area contributed by atoms with Gasteiger partial charge in [0.25, 0.3) is 5.70 Å². The second-order valence-electron chi connectivity index (χ2n) is 9.55. The summed E-state index contributed by atoms with van der Waals surface area (Å²) < 4.78 is 124.